The van der Waals surface area contributed by atoms with Crippen LogP contribution in [0.4, 0.5) is 0 Å². The molecule has 2 atom stereocenters. The van der Waals surface area contributed by atoms with Crippen molar-refractivity contribution >= 4 is 27.5 Å². The van der Waals surface area contributed by atoms with Crippen LogP contribution in [0.3, 0.4) is 0 Å². The summed E-state index contributed by atoms with van der Waals surface area (Å²) in [6, 6.07) is 14.6. The molecule has 2 aromatic carbocycles. The van der Waals surface area contributed by atoms with Gasteiger partial charge in [0.15, 0.2) is 0 Å². The molecule has 2 aromatic rings. The molecule has 0 fully saturated rings. The molecular weight excluding hydrogens is 336 g/mol. The maximum absolute atomic E-state index is 6.64. The fourth-order valence-electron chi connectivity index (χ4n) is 2.92. The van der Waals surface area contributed by atoms with Gasteiger partial charge in [0.2, 0.25) is 0 Å². The standard InChI is InChI=1S/C17H16BrClO/c1-20-14-6-7-16(18)12(10-14)9-13-8-11-4-2-3-5-15(11)17(13)19/h2-7,10,13,17H,8-9H2,1H3. The summed E-state index contributed by atoms with van der Waals surface area (Å²) in [4.78, 5) is 0. The smallest absolute Gasteiger partial charge is 0.119 e. The van der Waals surface area contributed by atoms with Gasteiger partial charge in [-0.15, -0.1) is 11.6 Å². The maximum Gasteiger partial charge on any atom is 0.119 e. The van der Waals surface area contributed by atoms with Gasteiger partial charge in [-0.1, -0.05) is 40.2 Å². The van der Waals surface area contributed by atoms with Crippen LogP contribution in [0, 0.1) is 5.92 Å². The molecule has 0 aromatic heterocycles. The minimum absolute atomic E-state index is 0.101. The van der Waals surface area contributed by atoms with E-state index in [0.717, 1.165) is 23.1 Å². The summed E-state index contributed by atoms with van der Waals surface area (Å²) in [5, 5.41) is 0.101. The number of ether oxygens (including phenoxy) is 1. The Balaban J connectivity index is 1.83. The second-order valence-corrected chi connectivity index (χ2v) is 6.55. The molecule has 2 unspecified atom stereocenters. The summed E-state index contributed by atoms with van der Waals surface area (Å²) in [6.45, 7) is 0. The van der Waals surface area contributed by atoms with E-state index < -0.39 is 0 Å². The van der Waals surface area contributed by atoms with Gasteiger partial charge in [0.25, 0.3) is 0 Å². The van der Waals surface area contributed by atoms with Crippen LogP contribution in [-0.4, -0.2) is 7.11 Å². The molecule has 0 N–H and O–H groups in total. The molecule has 3 heteroatoms. The van der Waals surface area contributed by atoms with E-state index >= 15 is 0 Å². The molecule has 0 saturated heterocycles. The number of benzene rings is 2. The second-order valence-electron chi connectivity index (χ2n) is 5.23. The van der Waals surface area contributed by atoms with Gasteiger partial charge in [-0.2, -0.15) is 0 Å². The van der Waals surface area contributed by atoms with Crippen molar-refractivity contribution in [3.63, 3.8) is 0 Å². The Labute approximate surface area is 133 Å². The van der Waals surface area contributed by atoms with E-state index in [-0.39, 0.29) is 5.38 Å². The third-order valence-electron chi connectivity index (χ3n) is 3.98. The lowest BCUT2D eigenvalue weighted by Crippen LogP contribution is -2.07. The van der Waals surface area contributed by atoms with Crippen molar-refractivity contribution in [1.82, 2.24) is 0 Å². The second kappa shape index (κ2) is 5.79. The summed E-state index contributed by atoms with van der Waals surface area (Å²) in [5.41, 5.74) is 3.93. The van der Waals surface area contributed by atoms with Crippen LogP contribution < -0.4 is 4.74 Å². The van der Waals surface area contributed by atoms with Crippen molar-refractivity contribution < 1.29 is 4.74 Å². The Kier molecular flexibility index (Phi) is 4.04. The van der Waals surface area contributed by atoms with Crippen molar-refractivity contribution in [2.75, 3.05) is 7.11 Å². The summed E-state index contributed by atoms with van der Waals surface area (Å²) in [5.74, 6) is 1.34. The van der Waals surface area contributed by atoms with Gasteiger partial charge in [-0.3, -0.25) is 0 Å². The van der Waals surface area contributed by atoms with E-state index in [1.54, 1.807) is 7.11 Å². The van der Waals surface area contributed by atoms with E-state index in [4.69, 9.17) is 16.3 Å². The van der Waals surface area contributed by atoms with Gasteiger partial charge in [0.05, 0.1) is 12.5 Å². The number of hydrogen-bond donors (Lipinski definition) is 0. The zero-order chi connectivity index (χ0) is 14.1. The Morgan fingerprint density at radius 3 is 2.80 bits per heavy atom. The highest BCUT2D eigenvalue weighted by Gasteiger charge is 2.30. The van der Waals surface area contributed by atoms with E-state index in [1.807, 2.05) is 12.1 Å². The molecule has 3 rings (SSSR count). The molecule has 0 spiro atoms. The van der Waals surface area contributed by atoms with Gasteiger partial charge in [0, 0.05) is 4.47 Å². The minimum atomic E-state index is 0.101. The highest BCUT2D eigenvalue weighted by atomic mass is 79.9. The normalized spacial score (nSPS) is 20.8. The van der Waals surface area contributed by atoms with E-state index in [0.29, 0.717) is 5.92 Å². The van der Waals surface area contributed by atoms with Crippen LogP contribution in [0.25, 0.3) is 0 Å². The molecule has 0 heterocycles. The third kappa shape index (κ3) is 2.59. The minimum Gasteiger partial charge on any atom is -0.497 e. The first kappa shape index (κ1) is 14.0. The van der Waals surface area contributed by atoms with Crippen molar-refractivity contribution in [3.05, 3.63) is 63.6 Å². The summed E-state index contributed by atoms with van der Waals surface area (Å²) in [6.07, 6.45) is 2.01. The van der Waals surface area contributed by atoms with Gasteiger partial charge in [-0.25, -0.2) is 0 Å². The van der Waals surface area contributed by atoms with Gasteiger partial charge < -0.3 is 4.74 Å². The number of fused-ring (bicyclic) bond motifs is 1. The first-order chi connectivity index (χ1) is 9.69. The first-order valence-corrected chi connectivity index (χ1v) is 7.96. The number of methoxy groups -OCH3 is 1. The number of halogens is 2. The molecule has 104 valence electrons. The number of hydrogen-bond acceptors (Lipinski definition) is 1. The Morgan fingerprint density at radius 1 is 1.25 bits per heavy atom. The Hall–Kier alpha value is -0.990. The molecule has 1 aliphatic carbocycles. The zero-order valence-corrected chi connectivity index (χ0v) is 13.6. The fraction of sp³-hybridized carbons (Fsp3) is 0.294. The topological polar surface area (TPSA) is 9.23 Å². The van der Waals surface area contributed by atoms with E-state index in [1.165, 1.54) is 16.7 Å². The zero-order valence-electron chi connectivity index (χ0n) is 11.3. The average Bonchev–Trinajstić information content (AvgIpc) is 2.78. The highest BCUT2D eigenvalue weighted by molar-refractivity contribution is 9.10. The molecule has 0 saturated carbocycles. The molecule has 0 aliphatic heterocycles. The summed E-state index contributed by atoms with van der Waals surface area (Å²) < 4.78 is 6.43. The van der Waals surface area contributed by atoms with Crippen LogP contribution in [0.15, 0.2) is 46.9 Å². The van der Waals surface area contributed by atoms with Crippen molar-refractivity contribution in [2.24, 2.45) is 5.92 Å². The summed E-state index contributed by atoms with van der Waals surface area (Å²) in [7, 11) is 1.70. The molecular formula is C17H16BrClO. The van der Waals surface area contributed by atoms with Crippen molar-refractivity contribution in [3.8, 4) is 5.75 Å². The summed E-state index contributed by atoms with van der Waals surface area (Å²) >= 11 is 10.3. The predicted octanol–water partition coefficient (Wildman–Crippen LogP) is 5.15. The lowest BCUT2D eigenvalue weighted by molar-refractivity contribution is 0.413. The fourth-order valence-corrected chi connectivity index (χ4v) is 3.72. The Bertz CT molecular complexity index is 626. The molecule has 20 heavy (non-hydrogen) atoms. The lowest BCUT2D eigenvalue weighted by Gasteiger charge is -2.16. The van der Waals surface area contributed by atoms with Crippen molar-refractivity contribution in [1.29, 1.82) is 0 Å². The monoisotopic (exact) mass is 350 g/mol. The predicted molar refractivity (Wildman–Crippen MR) is 86.6 cm³/mol. The highest BCUT2D eigenvalue weighted by Crippen LogP contribution is 2.43. The molecule has 0 radical (unpaired) electrons. The Morgan fingerprint density at radius 2 is 2.05 bits per heavy atom. The van der Waals surface area contributed by atoms with Crippen molar-refractivity contribution in [2.45, 2.75) is 18.2 Å². The van der Waals surface area contributed by atoms with Gasteiger partial charge >= 0.3 is 0 Å². The lowest BCUT2D eigenvalue weighted by atomic mass is 9.96. The van der Waals surface area contributed by atoms with Crippen LogP contribution in [0.2, 0.25) is 0 Å². The van der Waals surface area contributed by atoms with E-state index in [9.17, 15) is 0 Å². The number of alkyl halides is 1. The van der Waals surface area contributed by atoms with Crippen LogP contribution in [0.5, 0.6) is 5.75 Å². The quantitative estimate of drug-likeness (QED) is 0.695. The SMILES string of the molecule is COc1ccc(Br)c(CC2Cc3ccccc3C2Cl)c1. The maximum atomic E-state index is 6.64. The van der Waals surface area contributed by atoms with Gasteiger partial charge in [-0.05, 0) is 53.6 Å². The molecule has 1 aliphatic rings. The molecule has 0 amide bonds. The van der Waals surface area contributed by atoms with Crippen LogP contribution >= 0.6 is 27.5 Å². The van der Waals surface area contributed by atoms with Crippen LogP contribution in [0.1, 0.15) is 22.1 Å². The van der Waals surface area contributed by atoms with E-state index in [2.05, 4.69) is 46.3 Å². The van der Waals surface area contributed by atoms with Gasteiger partial charge in [0.1, 0.15) is 5.75 Å². The average molecular weight is 352 g/mol. The molecule has 0 bridgehead atoms. The third-order valence-corrected chi connectivity index (χ3v) is 5.35. The number of rotatable bonds is 3. The molecule has 1 nitrogen and oxygen atoms in total. The largest absolute Gasteiger partial charge is 0.497 e. The first-order valence-electron chi connectivity index (χ1n) is 6.73. The van der Waals surface area contributed by atoms with Crippen LogP contribution in [-0.2, 0) is 12.8 Å².